The summed E-state index contributed by atoms with van der Waals surface area (Å²) in [4.78, 5) is 33.0. The number of carbonyl (C=O) groups is 2. The number of anilines is 1. The molecule has 1 fully saturated rings. The molecule has 6 heteroatoms. The van der Waals surface area contributed by atoms with Gasteiger partial charge in [-0.15, -0.1) is 0 Å². The summed E-state index contributed by atoms with van der Waals surface area (Å²) in [6, 6.07) is 15.5. The van der Waals surface area contributed by atoms with Gasteiger partial charge < -0.3 is 15.1 Å². The van der Waals surface area contributed by atoms with Crippen molar-refractivity contribution in [1.29, 1.82) is 0 Å². The minimum Gasteiger partial charge on any atom is -0.382 e. The van der Waals surface area contributed by atoms with Crippen molar-refractivity contribution in [1.82, 2.24) is 4.90 Å². The molecule has 150 valence electrons. The van der Waals surface area contributed by atoms with E-state index in [2.05, 4.69) is 10.5 Å². The van der Waals surface area contributed by atoms with Crippen LogP contribution in [0, 0.1) is 6.92 Å². The first-order chi connectivity index (χ1) is 14.1. The fraction of sp³-hybridized carbons (Fsp3) is 0.348. The first kappa shape index (κ1) is 19.2. The van der Waals surface area contributed by atoms with E-state index >= 15 is 0 Å². The first-order valence-corrected chi connectivity index (χ1v) is 10.1. The second kappa shape index (κ2) is 8.47. The van der Waals surface area contributed by atoms with E-state index < -0.39 is 6.10 Å². The summed E-state index contributed by atoms with van der Waals surface area (Å²) in [6.45, 7) is 3.42. The van der Waals surface area contributed by atoms with Crippen LogP contribution in [-0.4, -0.2) is 41.6 Å². The van der Waals surface area contributed by atoms with Gasteiger partial charge >= 0.3 is 0 Å². The summed E-state index contributed by atoms with van der Waals surface area (Å²) in [6.07, 6.45) is 2.48. The van der Waals surface area contributed by atoms with Crippen LogP contribution in [0.3, 0.4) is 0 Å². The van der Waals surface area contributed by atoms with Gasteiger partial charge in [0.15, 0.2) is 0 Å². The van der Waals surface area contributed by atoms with Crippen molar-refractivity contribution in [2.75, 3.05) is 18.4 Å². The number of para-hydroxylation sites is 1. The quantitative estimate of drug-likeness (QED) is 0.847. The molecule has 6 nitrogen and oxygen atoms in total. The third-order valence-electron chi connectivity index (χ3n) is 5.42. The predicted molar refractivity (Wildman–Crippen MR) is 112 cm³/mol. The Balaban J connectivity index is 1.43. The molecule has 2 aromatic carbocycles. The van der Waals surface area contributed by atoms with Crippen LogP contribution in [0.4, 0.5) is 5.69 Å². The summed E-state index contributed by atoms with van der Waals surface area (Å²) >= 11 is 0. The number of aryl methyl sites for hydroxylation is 1. The number of nitrogens with zero attached hydrogens (tertiary/aromatic N) is 2. The molecule has 2 heterocycles. The zero-order valence-corrected chi connectivity index (χ0v) is 16.6. The SMILES string of the molecule is Cc1cccc(C(=O)N2CCCC2)c1NC(=O)C1CC(Cc2ccccc2)=NO1. The lowest BCUT2D eigenvalue weighted by Gasteiger charge is -2.20. The highest BCUT2D eigenvalue weighted by atomic mass is 16.6. The zero-order chi connectivity index (χ0) is 20.2. The highest BCUT2D eigenvalue weighted by molar-refractivity contribution is 6.06. The van der Waals surface area contributed by atoms with Crippen molar-refractivity contribution in [3.05, 3.63) is 65.2 Å². The maximum atomic E-state index is 12.9. The summed E-state index contributed by atoms with van der Waals surface area (Å²) < 4.78 is 0. The molecule has 0 aromatic heterocycles. The largest absolute Gasteiger partial charge is 0.382 e. The van der Waals surface area contributed by atoms with Gasteiger partial charge in [0.2, 0.25) is 6.10 Å². The fourth-order valence-corrected chi connectivity index (χ4v) is 3.81. The minimum atomic E-state index is -0.678. The summed E-state index contributed by atoms with van der Waals surface area (Å²) in [7, 11) is 0. The van der Waals surface area contributed by atoms with Crippen LogP contribution < -0.4 is 5.32 Å². The van der Waals surface area contributed by atoms with Crippen LogP contribution in [-0.2, 0) is 16.1 Å². The van der Waals surface area contributed by atoms with E-state index in [4.69, 9.17) is 4.84 Å². The zero-order valence-electron chi connectivity index (χ0n) is 16.6. The van der Waals surface area contributed by atoms with E-state index in [1.807, 2.05) is 54.3 Å². The van der Waals surface area contributed by atoms with Gasteiger partial charge in [0, 0.05) is 25.9 Å². The number of hydrogen-bond acceptors (Lipinski definition) is 4. The van der Waals surface area contributed by atoms with Crippen LogP contribution in [0.5, 0.6) is 0 Å². The van der Waals surface area contributed by atoms with Gasteiger partial charge in [-0.05, 0) is 37.0 Å². The Labute approximate surface area is 170 Å². The molecule has 1 saturated heterocycles. The maximum Gasteiger partial charge on any atom is 0.268 e. The van der Waals surface area contributed by atoms with Crippen LogP contribution in [0.15, 0.2) is 53.7 Å². The predicted octanol–water partition coefficient (Wildman–Crippen LogP) is 3.56. The highest BCUT2D eigenvalue weighted by Gasteiger charge is 2.30. The second-order valence-electron chi connectivity index (χ2n) is 7.60. The monoisotopic (exact) mass is 391 g/mol. The molecule has 0 radical (unpaired) electrons. The minimum absolute atomic E-state index is 0.0325. The Bertz CT molecular complexity index is 934. The summed E-state index contributed by atoms with van der Waals surface area (Å²) in [5, 5.41) is 7.02. The Morgan fingerprint density at radius 1 is 1.10 bits per heavy atom. The van der Waals surface area contributed by atoms with Crippen LogP contribution in [0.2, 0.25) is 0 Å². The van der Waals surface area contributed by atoms with E-state index in [-0.39, 0.29) is 11.8 Å². The molecule has 1 N–H and O–H groups in total. The molecule has 2 amide bonds. The van der Waals surface area contributed by atoms with Gasteiger partial charge in [-0.3, -0.25) is 9.59 Å². The molecule has 0 bridgehead atoms. The lowest BCUT2D eigenvalue weighted by Crippen LogP contribution is -2.32. The topological polar surface area (TPSA) is 71.0 Å². The standard InChI is InChI=1S/C23H25N3O3/c1-16-8-7-11-19(23(28)26-12-5-6-13-26)21(16)24-22(27)20-15-18(25-29-20)14-17-9-3-2-4-10-17/h2-4,7-11,20H,5-6,12-15H2,1H3,(H,24,27). The smallest absolute Gasteiger partial charge is 0.268 e. The van der Waals surface area contributed by atoms with Gasteiger partial charge in [-0.25, -0.2) is 0 Å². The molecule has 0 saturated carbocycles. The van der Waals surface area contributed by atoms with Crippen LogP contribution in [0.25, 0.3) is 0 Å². The van der Waals surface area contributed by atoms with Crippen molar-refractivity contribution < 1.29 is 14.4 Å². The number of benzene rings is 2. The third-order valence-corrected chi connectivity index (χ3v) is 5.42. The van der Waals surface area contributed by atoms with E-state index in [0.29, 0.717) is 24.1 Å². The average Bonchev–Trinajstić information content (AvgIpc) is 3.42. The Kier molecular flexibility index (Phi) is 5.60. The Morgan fingerprint density at radius 2 is 1.86 bits per heavy atom. The number of likely N-dealkylation sites (tertiary alicyclic amines) is 1. The number of oxime groups is 1. The van der Waals surface area contributed by atoms with E-state index in [9.17, 15) is 9.59 Å². The van der Waals surface area contributed by atoms with E-state index in [1.165, 1.54) is 0 Å². The van der Waals surface area contributed by atoms with Gasteiger partial charge in [0.05, 0.1) is 17.0 Å². The number of nitrogens with one attached hydrogen (secondary N) is 1. The van der Waals surface area contributed by atoms with Crippen molar-refractivity contribution in [2.45, 2.75) is 38.7 Å². The molecule has 4 rings (SSSR count). The molecule has 2 aliphatic heterocycles. The molecule has 29 heavy (non-hydrogen) atoms. The van der Waals surface area contributed by atoms with Gasteiger partial charge in [0.25, 0.3) is 11.8 Å². The molecule has 1 unspecified atom stereocenters. The molecule has 0 spiro atoms. The van der Waals surface area contributed by atoms with E-state index in [1.54, 1.807) is 6.07 Å². The van der Waals surface area contributed by atoms with Crippen molar-refractivity contribution in [3.8, 4) is 0 Å². The molecule has 2 aliphatic rings. The number of carbonyl (C=O) groups excluding carboxylic acids is 2. The van der Waals surface area contributed by atoms with Crippen molar-refractivity contribution >= 4 is 23.2 Å². The first-order valence-electron chi connectivity index (χ1n) is 10.1. The van der Waals surface area contributed by atoms with E-state index in [0.717, 1.165) is 42.8 Å². The number of rotatable bonds is 5. The van der Waals surface area contributed by atoms with Crippen LogP contribution in [0.1, 0.15) is 40.7 Å². The fourth-order valence-electron chi connectivity index (χ4n) is 3.81. The number of amides is 2. The van der Waals surface area contributed by atoms with Crippen molar-refractivity contribution in [2.24, 2.45) is 5.16 Å². The molecular formula is C23H25N3O3. The normalized spacial score (nSPS) is 18.3. The Morgan fingerprint density at radius 3 is 2.62 bits per heavy atom. The van der Waals surface area contributed by atoms with Crippen LogP contribution >= 0.6 is 0 Å². The lowest BCUT2D eigenvalue weighted by atomic mass is 10.0. The summed E-state index contributed by atoms with van der Waals surface area (Å²) in [5.41, 5.74) is 3.92. The Hall–Kier alpha value is -3.15. The molecule has 0 aliphatic carbocycles. The third kappa shape index (κ3) is 4.31. The van der Waals surface area contributed by atoms with Gasteiger partial charge in [-0.2, -0.15) is 0 Å². The molecule has 2 aromatic rings. The summed E-state index contributed by atoms with van der Waals surface area (Å²) in [5.74, 6) is -0.309. The second-order valence-corrected chi connectivity index (χ2v) is 7.60. The highest BCUT2D eigenvalue weighted by Crippen LogP contribution is 2.25. The lowest BCUT2D eigenvalue weighted by molar-refractivity contribution is -0.125. The van der Waals surface area contributed by atoms with Gasteiger partial charge in [-0.1, -0.05) is 47.6 Å². The molecule has 1 atom stereocenters. The number of hydrogen-bond donors (Lipinski definition) is 1. The van der Waals surface area contributed by atoms with Crippen molar-refractivity contribution in [3.63, 3.8) is 0 Å². The average molecular weight is 391 g/mol. The van der Waals surface area contributed by atoms with Gasteiger partial charge in [0.1, 0.15) is 0 Å². The maximum absolute atomic E-state index is 12.9. The molecular weight excluding hydrogens is 366 g/mol.